The van der Waals surface area contributed by atoms with Gasteiger partial charge in [0.2, 0.25) is 0 Å². The highest BCUT2D eigenvalue weighted by atomic mass is 15.1. The second-order valence-corrected chi connectivity index (χ2v) is 4.92. The van der Waals surface area contributed by atoms with E-state index in [-0.39, 0.29) is 0 Å². The zero-order valence-electron chi connectivity index (χ0n) is 11.9. The van der Waals surface area contributed by atoms with E-state index in [1.807, 2.05) is 6.08 Å². The lowest BCUT2D eigenvalue weighted by atomic mass is 10.1. The van der Waals surface area contributed by atoms with Gasteiger partial charge in [0.1, 0.15) is 0 Å². The molecule has 0 saturated carbocycles. The minimum atomic E-state index is 0.522. The summed E-state index contributed by atoms with van der Waals surface area (Å²) in [5.41, 5.74) is 2.81. The predicted molar refractivity (Wildman–Crippen MR) is 79.6 cm³/mol. The third-order valence-electron chi connectivity index (χ3n) is 3.05. The first-order valence-electron chi connectivity index (χ1n) is 6.80. The van der Waals surface area contributed by atoms with E-state index in [1.165, 1.54) is 11.1 Å². The molecular weight excluding hydrogens is 220 g/mol. The van der Waals surface area contributed by atoms with Gasteiger partial charge in [0.05, 0.1) is 0 Å². The molecule has 0 amide bonds. The van der Waals surface area contributed by atoms with Crippen LogP contribution in [-0.2, 0) is 13.1 Å². The maximum absolute atomic E-state index is 3.82. The van der Waals surface area contributed by atoms with Gasteiger partial charge in [0, 0.05) is 25.7 Å². The van der Waals surface area contributed by atoms with E-state index in [0.717, 1.165) is 26.2 Å². The average molecular weight is 246 g/mol. The molecule has 0 saturated heterocycles. The lowest BCUT2D eigenvalue weighted by Gasteiger charge is -2.21. The summed E-state index contributed by atoms with van der Waals surface area (Å²) in [6.07, 6.45) is 1.97. The number of hydrogen-bond acceptors (Lipinski definition) is 2. The van der Waals surface area contributed by atoms with Crippen LogP contribution in [0, 0.1) is 0 Å². The molecule has 0 aliphatic carbocycles. The highest BCUT2D eigenvalue weighted by Gasteiger charge is 2.06. The fourth-order valence-electron chi connectivity index (χ4n) is 1.93. The van der Waals surface area contributed by atoms with Gasteiger partial charge < -0.3 is 5.32 Å². The van der Waals surface area contributed by atoms with Crippen molar-refractivity contribution < 1.29 is 0 Å². The highest BCUT2D eigenvalue weighted by molar-refractivity contribution is 5.27. The number of nitrogens with zero attached hydrogens (tertiary/aromatic N) is 1. The van der Waals surface area contributed by atoms with Crippen LogP contribution in [0.25, 0.3) is 0 Å². The van der Waals surface area contributed by atoms with Crippen molar-refractivity contribution >= 4 is 0 Å². The van der Waals surface area contributed by atoms with Gasteiger partial charge in [-0.15, -0.1) is 6.58 Å². The van der Waals surface area contributed by atoms with Crippen molar-refractivity contribution in [1.82, 2.24) is 10.2 Å². The molecule has 0 atom stereocenters. The second-order valence-electron chi connectivity index (χ2n) is 4.92. The number of hydrogen-bond donors (Lipinski definition) is 1. The summed E-state index contributed by atoms with van der Waals surface area (Å²) in [4.78, 5) is 2.39. The molecule has 0 aliphatic heterocycles. The lowest BCUT2D eigenvalue weighted by molar-refractivity contribution is 0.310. The molecule has 0 spiro atoms. The van der Waals surface area contributed by atoms with Gasteiger partial charge in [-0.3, -0.25) is 4.90 Å². The highest BCUT2D eigenvalue weighted by Crippen LogP contribution is 2.12. The normalized spacial score (nSPS) is 11.2. The third kappa shape index (κ3) is 5.03. The van der Waals surface area contributed by atoms with Gasteiger partial charge in [-0.2, -0.15) is 0 Å². The Morgan fingerprint density at radius 3 is 2.50 bits per heavy atom. The summed E-state index contributed by atoms with van der Waals surface area (Å²) in [6.45, 7) is 14.3. The van der Waals surface area contributed by atoms with Crippen LogP contribution in [0.1, 0.15) is 31.9 Å². The second kappa shape index (κ2) is 8.06. The number of likely N-dealkylation sites (N-methyl/N-ethyl adjacent to an activating group) is 1. The molecule has 1 aromatic rings. The van der Waals surface area contributed by atoms with Crippen molar-refractivity contribution in [2.75, 3.05) is 13.1 Å². The molecule has 2 nitrogen and oxygen atoms in total. The van der Waals surface area contributed by atoms with Crippen molar-refractivity contribution in [1.29, 1.82) is 0 Å². The van der Waals surface area contributed by atoms with Crippen molar-refractivity contribution in [2.45, 2.75) is 39.9 Å². The average Bonchev–Trinajstić information content (AvgIpc) is 2.37. The van der Waals surface area contributed by atoms with E-state index in [0.29, 0.717) is 6.04 Å². The summed E-state index contributed by atoms with van der Waals surface area (Å²) in [7, 11) is 0. The van der Waals surface area contributed by atoms with Crippen LogP contribution in [0.15, 0.2) is 36.9 Å². The molecule has 0 fully saturated rings. The van der Waals surface area contributed by atoms with Gasteiger partial charge in [-0.05, 0) is 17.7 Å². The molecule has 100 valence electrons. The summed E-state index contributed by atoms with van der Waals surface area (Å²) in [6, 6.07) is 9.20. The Balaban J connectivity index is 2.71. The maximum atomic E-state index is 3.82. The minimum absolute atomic E-state index is 0.522. The molecule has 0 unspecified atom stereocenters. The minimum Gasteiger partial charge on any atom is -0.310 e. The first-order valence-corrected chi connectivity index (χ1v) is 6.80. The van der Waals surface area contributed by atoms with Crippen molar-refractivity contribution in [3.05, 3.63) is 48.0 Å². The molecule has 1 rings (SSSR count). The molecule has 18 heavy (non-hydrogen) atoms. The van der Waals surface area contributed by atoms with E-state index < -0.39 is 0 Å². The van der Waals surface area contributed by atoms with E-state index in [1.54, 1.807) is 0 Å². The van der Waals surface area contributed by atoms with E-state index in [9.17, 15) is 0 Å². The van der Waals surface area contributed by atoms with Crippen molar-refractivity contribution in [3.63, 3.8) is 0 Å². The topological polar surface area (TPSA) is 15.3 Å². The Hall–Kier alpha value is -1.12. The zero-order chi connectivity index (χ0) is 13.4. The molecule has 0 aliphatic rings. The molecule has 0 bridgehead atoms. The molecule has 0 radical (unpaired) electrons. The Kier molecular flexibility index (Phi) is 6.69. The number of nitrogens with one attached hydrogen (secondary N) is 1. The Morgan fingerprint density at radius 1 is 1.28 bits per heavy atom. The van der Waals surface area contributed by atoms with Gasteiger partial charge in [0.15, 0.2) is 0 Å². The van der Waals surface area contributed by atoms with Gasteiger partial charge in [0.25, 0.3) is 0 Å². The maximum Gasteiger partial charge on any atom is 0.0240 e. The zero-order valence-corrected chi connectivity index (χ0v) is 11.9. The summed E-state index contributed by atoms with van der Waals surface area (Å²) in [5.74, 6) is 0. The van der Waals surface area contributed by atoms with Crippen molar-refractivity contribution in [2.24, 2.45) is 0 Å². The summed E-state index contributed by atoms with van der Waals surface area (Å²) in [5, 5.41) is 3.49. The van der Waals surface area contributed by atoms with Crippen LogP contribution in [0.3, 0.4) is 0 Å². The smallest absolute Gasteiger partial charge is 0.0240 e. The quantitative estimate of drug-likeness (QED) is 0.709. The van der Waals surface area contributed by atoms with Crippen LogP contribution >= 0.6 is 0 Å². The van der Waals surface area contributed by atoms with E-state index in [2.05, 4.69) is 61.8 Å². The molecule has 0 aromatic heterocycles. The first-order chi connectivity index (χ1) is 8.67. The van der Waals surface area contributed by atoms with Crippen LogP contribution < -0.4 is 5.32 Å². The fraction of sp³-hybridized carbons (Fsp3) is 0.500. The molecule has 1 N–H and O–H groups in total. The van der Waals surface area contributed by atoms with E-state index in [4.69, 9.17) is 0 Å². The van der Waals surface area contributed by atoms with Crippen LogP contribution in [0.4, 0.5) is 0 Å². The summed E-state index contributed by atoms with van der Waals surface area (Å²) < 4.78 is 0. The molecule has 1 aromatic carbocycles. The van der Waals surface area contributed by atoms with Crippen LogP contribution in [0.5, 0.6) is 0 Å². The SMILES string of the molecule is C=CCN(CC)Cc1ccccc1CNC(C)C. The Bertz CT molecular complexity index is 358. The van der Waals surface area contributed by atoms with Gasteiger partial charge in [-0.25, -0.2) is 0 Å². The number of benzene rings is 1. The Labute approximate surface area is 112 Å². The van der Waals surface area contributed by atoms with Crippen LogP contribution in [-0.4, -0.2) is 24.0 Å². The van der Waals surface area contributed by atoms with Gasteiger partial charge >= 0.3 is 0 Å². The first kappa shape index (κ1) is 14.9. The van der Waals surface area contributed by atoms with Crippen molar-refractivity contribution in [3.8, 4) is 0 Å². The standard InChI is InChI=1S/C16H26N2/c1-5-11-18(6-2)13-16-10-8-7-9-15(16)12-17-14(3)4/h5,7-10,14,17H,1,6,11-13H2,2-4H3. The fourth-order valence-corrected chi connectivity index (χ4v) is 1.93. The largest absolute Gasteiger partial charge is 0.310 e. The van der Waals surface area contributed by atoms with E-state index >= 15 is 0 Å². The monoisotopic (exact) mass is 246 g/mol. The third-order valence-corrected chi connectivity index (χ3v) is 3.05. The van der Waals surface area contributed by atoms with Crippen LogP contribution in [0.2, 0.25) is 0 Å². The summed E-state index contributed by atoms with van der Waals surface area (Å²) >= 11 is 0. The molecule has 2 heteroatoms. The number of rotatable bonds is 8. The van der Waals surface area contributed by atoms with Gasteiger partial charge in [-0.1, -0.05) is 51.1 Å². The predicted octanol–water partition coefficient (Wildman–Crippen LogP) is 3.19. The molecular formula is C16H26N2. The Morgan fingerprint density at radius 2 is 1.94 bits per heavy atom. The molecule has 0 heterocycles. The lowest BCUT2D eigenvalue weighted by Crippen LogP contribution is -2.26.